The predicted octanol–water partition coefficient (Wildman–Crippen LogP) is 3.66. The summed E-state index contributed by atoms with van der Waals surface area (Å²) >= 11 is 0. The Labute approximate surface area is 87.9 Å². The normalized spacial score (nSPS) is 23.7. The van der Waals surface area contributed by atoms with Gasteiger partial charge in [0.25, 0.3) is 0 Å². The van der Waals surface area contributed by atoms with Gasteiger partial charge in [0.05, 0.1) is 0 Å². The summed E-state index contributed by atoms with van der Waals surface area (Å²) in [5.74, 6) is -0.561. The molecule has 2 unspecified atom stereocenters. The van der Waals surface area contributed by atoms with E-state index in [1.54, 1.807) is 0 Å². The molecule has 1 aliphatic rings. The minimum absolute atomic E-state index is 0.292. The number of rotatable bonds is 3. The lowest BCUT2D eigenvalue weighted by Gasteiger charge is -2.20. The van der Waals surface area contributed by atoms with Crippen LogP contribution in [0.25, 0.3) is 0 Å². The number of hydrogen-bond donors (Lipinski definition) is 1. The van der Waals surface area contributed by atoms with Crippen LogP contribution in [-0.4, -0.2) is 16.6 Å². The maximum Gasteiger partial charge on any atom is 0.123 e. The Hall–Kier alpha value is 0.0600. The zero-order valence-electron chi connectivity index (χ0n) is 9.11. The van der Waals surface area contributed by atoms with Crippen LogP contribution >= 0.6 is 7.80 Å². The first-order chi connectivity index (χ1) is 6.75. The highest BCUT2D eigenvalue weighted by Crippen LogP contribution is 2.40. The summed E-state index contributed by atoms with van der Waals surface area (Å²) in [6.45, 7) is 1.90. The maximum absolute atomic E-state index is 11.9. The van der Waals surface area contributed by atoms with E-state index >= 15 is 0 Å². The van der Waals surface area contributed by atoms with Crippen LogP contribution in [0.15, 0.2) is 0 Å². The molecule has 2 atom stereocenters. The van der Waals surface area contributed by atoms with E-state index in [0.717, 1.165) is 12.8 Å². The molecule has 1 N–H and O–H groups in total. The van der Waals surface area contributed by atoms with E-state index in [0.29, 0.717) is 12.1 Å². The zero-order valence-corrected chi connectivity index (χ0v) is 10.0. The second-order valence-electron chi connectivity index (χ2n) is 4.25. The summed E-state index contributed by atoms with van der Waals surface area (Å²) in [5.41, 5.74) is 0.292. The highest BCUT2D eigenvalue weighted by Gasteiger charge is 2.23. The van der Waals surface area contributed by atoms with Crippen molar-refractivity contribution in [1.29, 1.82) is 0 Å². The van der Waals surface area contributed by atoms with Crippen LogP contribution in [0.3, 0.4) is 0 Å². The van der Waals surface area contributed by atoms with Crippen molar-refractivity contribution in [3.05, 3.63) is 0 Å². The van der Waals surface area contributed by atoms with Crippen LogP contribution in [0, 0.1) is 0 Å². The molecule has 1 saturated carbocycles. The van der Waals surface area contributed by atoms with Crippen molar-refractivity contribution >= 4 is 7.80 Å². The van der Waals surface area contributed by atoms with Gasteiger partial charge in [-0.1, -0.05) is 39.0 Å². The smallest absolute Gasteiger partial charge is 0.123 e. The minimum atomic E-state index is -1.38. The van der Waals surface area contributed by atoms with Crippen molar-refractivity contribution in [2.45, 2.75) is 69.8 Å². The van der Waals surface area contributed by atoms with E-state index in [9.17, 15) is 9.67 Å². The van der Waals surface area contributed by atoms with Crippen molar-refractivity contribution in [1.82, 2.24) is 0 Å². The molecule has 0 aromatic carbocycles. The van der Waals surface area contributed by atoms with E-state index < -0.39 is 13.6 Å². The summed E-state index contributed by atoms with van der Waals surface area (Å²) in [6.07, 6.45) is 9.04. The lowest BCUT2D eigenvalue weighted by Crippen LogP contribution is -2.12. The van der Waals surface area contributed by atoms with Gasteiger partial charge in [0.2, 0.25) is 0 Å². The first-order valence-electron chi connectivity index (χ1n) is 5.89. The molecule has 0 aliphatic heterocycles. The minimum Gasteiger partial charge on any atom is -0.382 e. The van der Waals surface area contributed by atoms with Crippen LogP contribution in [0.4, 0.5) is 0 Å². The van der Waals surface area contributed by atoms with Crippen molar-refractivity contribution < 1.29 is 9.67 Å². The summed E-state index contributed by atoms with van der Waals surface area (Å²) in [4.78, 5) is 0. The van der Waals surface area contributed by atoms with Gasteiger partial charge in [0.15, 0.2) is 0 Å². The second kappa shape index (κ2) is 6.53. The first kappa shape index (κ1) is 12.1. The quantitative estimate of drug-likeness (QED) is 0.732. The third-order valence-corrected chi connectivity index (χ3v) is 5.28. The Morgan fingerprint density at radius 1 is 1.21 bits per heavy atom. The molecule has 0 bridgehead atoms. The molecule has 0 aromatic rings. The first-order valence-corrected chi connectivity index (χ1v) is 7.29. The summed E-state index contributed by atoms with van der Waals surface area (Å²) in [6, 6.07) is 0. The van der Waals surface area contributed by atoms with Gasteiger partial charge in [-0.2, -0.15) is 0 Å². The predicted molar refractivity (Wildman–Crippen MR) is 60.0 cm³/mol. The molecule has 14 heavy (non-hydrogen) atoms. The van der Waals surface area contributed by atoms with Crippen LogP contribution < -0.4 is 0 Å². The summed E-state index contributed by atoms with van der Waals surface area (Å²) in [5, 5.41) is 9.56. The molecule has 1 radical (unpaired) electrons. The third-order valence-electron chi connectivity index (χ3n) is 3.09. The average Bonchev–Trinajstić information content (AvgIpc) is 2.15. The largest absolute Gasteiger partial charge is 0.382 e. The van der Waals surface area contributed by atoms with Crippen LogP contribution in [0.5, 0.6) is 0 Å². The van der Waals surface area contributed by atoms with E-state index in [1.807, 2.05) is 6.92 Å². The van der Waals surface area contributed by atoms with Gasteiger partial charge >= 0.3 is 0 Å². The van der Waals surface area contributed by atoms with Gasteiger partial charge in [-0.25, -0.2) is 0 Å². The van der Waals surface area contributed by atoms with Crippen molar-refractivity contribution in [2.75, 3.05) is 0 Å². The molecule has 0 aromatic heterocycles. The Morgan fingerprint density at radius 2 is 1.71 bits per heavy atom. The number of hydrogen-bond acceptors (Lipinski definition) is 2. The highest BCUT2D eigenvalue weighted by atomic mass is 31.1. The lowest BCUT2D eigenvalue weighted by atomic mass is 10.0. The topological polar surface area (TPSA) is 37.3 Å². The number of aliphatic hydroxyl groups excluding tert-OH is 1. The van der Waals surface area contributed by atoms with Crippen molar-refractivity contribution in [3.63, 3.8) is 0 Å². The van der Waals surface area contributed by atoms with Crippen LogP contribution in [0.2, 0.25) is 0 Å². The molecule has 1 rings (SSSR count). The summed E-state index contributed by atoms with van der Waals surface area (Å²) < 4.78 is 11.9. The third kappa shape index (κ3) is 3.67. The Kier molecular flexibility index (Phi) is 5.66. The molecule has 1 fully saturated rings. The highest BCUT2D eigenvalue weighted by molar-refractivity contribution is 7.46. The Bertz CT molecular complexity index is 174. The van der Waals surface area contributed by atoms with Crippen molar-refractivity contribution in [2.24, 2.45) is 0 Å². The SMILES string of the molecule is CCC(O)[P](=O)C1CCCCCCC1. The average molecular weight is 217 g/mol. The van der Waals surface area contributed by atoms with E-state index in [4.69, 9.17) is 0 Å². The maximum atomic E-state index is 11.9. The molecule has 0 amide bonds. The lowest BCUT2D eigenvalue weighted by molar-refractivity contribution is 0.245. The molecule has 1 aliphatic carbocycles. The molecule has 0 heterocycles. The molecule has 83 valence electrons. The van der Waals surface area contributed by atoms with E-state index in [1.165, 1.54) is 32.1 Å². The molecular formula is C11H22O2P. The molecule has 0 spiro atoms. The Balaban J connectivity index is 2.42. The second-order valence-corrected chi connectivity index (χ2v) is 6.29. The van der Waals surface area contributed by atoms with Gasteiger partial charge in [-0.05, 0) is 19.3 Å². The molecular weight excluding hydrogens is 195 g/mol. The van der Waals surface area contributed by atoms with E-state index in [-0.39, 0.29) is 0 Å². The van der Waals surface area contributed by atoms with Crippen LogP contribution in [-0.2, 0) is 4.57 Å². The van der Waals surface area contributed by atoms with Gasteiger partial charge in [-0.3, -0.25) is 4.57 Å². The van der Waals surface area contributed by atoms with Gasteiger partial charge < -0.3 is 5.11 Å². The fourth-order valence-corrected chi connectivity index (χ4v) is 3.83. The van der Waals surface area contributed by atoms with Crippen LogP contribution in [0.1, 0.15) is 58.3 Å². The fourth-order valence-electron chi connectivity index (χ4n) is 2.11. The molecule has 0 saturated heterocycles. The van der Waals surface area contributed by atoms with Gasteiger partial charge in [0.1, 0.15) is 13.6 Å². The van der Waals surface area contributed by atoms with E-state index in [2.05, 4.69) is 0 Å². The Morgan fingerprint density at radius 3 is 2.21 bits per heavy atom. The monoisotopic (exact) mass is 217 g/mol. The zero-order chi connectivity index (χ0) is 10.4. The van der Waals surface area contributed by atoms with Gasteiger partial charge in [0, 0.05) is 5.66 Å². The number of aliphatic hydroxyl groups is 1. The molecule has 2 nitrogen and oxygen atoms in total. The van der Waals surface area contributed by atoms with Crippen molar-refractivity contribution in [3.8, 4) is 0 Å². The fraction of sp³-hybridized carbons (Fsp3) is 1.00. The summed E-state index contributed by atoms with van der Waals surface area (Å²) in [7, 11) is -1.38. The standard InChI is InChI=1S/C11H22O2P/c1-2-11(12)14(13)10-8-6-4-3-5-7-9-10/h10-12H,2-9H2,1H3. The van der Waals surface area contributed by atoms with Gasteiger partial charge in [-0.15, -0.1) is 0 Å². The molecule has 3 heteroatoms.